The highest BCUT2D eigenvalue weighted by Crippen LogP contribution is 2.23. The molecule has 0 saturated carbocycles. The molecule has 0 heterocycles. The Morgan fingerprint density at radius 2 is 1.67 bits per heavy atom. The first-order valence-electron chi connectivity index (χ1n) is 4.71. The van der Waals surface area contributed by atoms with Crippen LogP contribution in [0.5, 0.6) is 0 Å². The Kier molecular flexibility index (Phi) is 6.27. The van der Waals surface area contributed by atoms with E-state index in [-0.39, 0.29) is 0 Å². The quantitative estimate of drug-likeness (QED) is 0.438. The molecule has 0 aromatic heterocycles. The summed E-state index contributed by atoms with van der Waals surface area (Å²) in [6.07, 6.45) is 0. The lowest BCUT2D eigenvalue weighted by Crippen LogP contribution is -2.47. The van der Waals surface area contributed by atoms with Gasteiger partial charge in [0.2, 0.25) is 0 Å². The van der Waals surface area contributed by atoms with Gasteiger partial charge in [-0.15, -0.1) is 0 Å². The fraction of sp³-hybridized carbons (Fsp3) is 0.875. The third kappa shape index (κ3) is 5.81. The van der Waals surface area contributed by atoms with Crippen molar-refractivity contribution in [1.29, 1.82) is 0 Å². The number of carbonyl (C=O) groups is 1. The maximum Gasteiger partial charge on any atom is 0.564 e. The van der Waals surface area contributed by atoms with E-state index < -0.39 is 18.9 Å². The van der Waals surface area contributed by atoms with Gasteiger partial charge in [-0.3, -0.25) is 4.79 Å². The molecule has 15 heavy (non-hydrogen) atoms. The zero-order valence-electron chi connectivity index (χ0n) is 9.44. The first-order valence-corrected chi connectivity index (χ1v) is 7.83. The molecular formula is C8H18O4S2Si. The predicted octanol–water partition coefficient (Wildman–Crippen LogP) is 1.75. The lowest BCUT2D eigenvalue weighted by Gasteiger charge is -2.27. The Morgan fingerprint density at radius 3 is 1.93 bits per heavy atom. The van der Waals surface area contributed by atoms with Gasteiger partial charge >= 0.3 is 14.8 Å². The van der Waals surface area contributed by atoms with Gasteiger partial charge < -0.3 is 13.3 Å². The van der Waals surface area contributed by atoms with Crippen LogP contribution in [-0.2, 0) is 18.1 Å². The molecule has 4 nitrogen and oxygen atoms in total. The average Bonchev–Trinajstić information content (AvgIpc) is 2.02. The average molecular weight is 270 g/mol. The molecule has 0 aliphatic heterocycles. The molecule has 0 aliphatic rings. The van der Waals surface area contributed by atoms with Gasteiger partial charge in [0.15, 0.2) is 0 Å². The zero-order chi connectivity index (χ0) is 12.1. The Hall–Kier alpha value is 0.307. The van der Waals surface area contributed by atoms with Crippen LogP contribution in [0.3, 0.4) is 0 Å². The fourth-order valence-corrected chi connectivity index (χ4v) is 2.94. The van der Waals surface area contributed by atoms with Crippen molar-refractivity contribution in [2.24, 2.45) is 0 Å². The van der Waals surface area contributed by atoms with E-state index in [1.165, 1.54) is 6.92 Å². The maximum atomic E-state index is 11.5. The molecule has 0 radical (unpaired) electrons. The molecule has 0 bridgehead atoms. The number of hydrogen-bond acceptors (Lipinski definition) is 6. The van der Waals surface area contributed by atoms with E-state index in [2.05, 4.69) is 25.3 Å². The van der Waals surface area contributed by atoms with Gasteiger partial charge in [-0.1, -0.05) is 0 Å². The summed E-state index contributed by atoms with van der Waals surface area (Å²) in [5.41, 5.74) is 0. The molecule has 0 fully saturated rings. The fourth-order valence-electron chi connectivity index (χ4n) is 0.890. The van der Waals surface area contributed by atoms with Gasteiger partial charge in [-0.25, -0.2) is 0 Å². The second-order valence-electron chi connectivity index (χ2n) is 3.14. The van der Waals surface area contributed by atoms with Crippen molar-refractivity contribution in [3.8, 4) is 0 Å². The third-order valence-electron chi connectivity index (χ3n) is 1.48. The molecule has 0 rings (SSSR count). The van der Waals surface area contributed by atoms with E-state index in [4.69, 9.17) is 13.3 Å². The largest absolute Gasteiger partial charge is 0.564 e. The van der Waals surface area contributed by atoms with Gasteiger partial charge in [0.25, 0.3) is 0 Å². The van der Waals surface area contributed by atoms with Gasteiger partial charge in [0, 0.05) is 19.8 Å². The summed E-state index contributed by atoms with van der Waals surface area (Å²) in [4.78, 5) is 11.5. The van der Waals surface area contributed by atoms with E-state index >= 15 is 0 Å². The molecular weight excluding hydrogens is 252 g/mol. The highest BCUT2D eigenvalue weighted by Gasteiger charge is 2.42. The van der Waals surface area contributed by atoms with E-state index in [0.29, 0.717) is 13.2 Å². The van der Waals surface area contributed by atoms with Crippen molar-refractivity contribution in [2.45, 2.75) is 31.4 Å². The molecule has 0 aromatic rings. The number of thiol groups is 2. The van der Waals surface area contributed by atoms with Crippen LogP contribution >= 0.6 is 25.3 Å². The third-order valence-corrected chi connectivity index (χ3v) is 4.03. The van der Waals surface area contributed by atoms with Crippen molar-refractivity contribution < 1.29 is 18.1 Å². The van der Waals surface area contributed by atoms with Gasteiger partial charge in [-0.05, 0) is 20.8 Å². The SMILES string of the molecule is CCO[Si](C)(OCC)OC(=O)C(C)(S)S. The summed E-state index contributed by atoms with van der Waals surface area (Å²) in [5.74, 6) is -0.551. The number of hydrogen-bond donors (Lipinski definition) is 2. The van der Waals surface area contributed by atoms with E-state index in [9.17, 15) is 4.79 Å². The van der Waals surface area contributed by atoms with Crippen LogP contribution in [0, 0.1) is 0 Å². The standard InChI is InChI=1S/C8H18O4S2Si/c1-5-10-15(4,11-6-2)12-7(9)8(3,13)14/h13-14H,5-6H2,1-4H3. The maximum absolute atomic E-state index is 11.5. The molecule has 0 unspecified atom stereocenters. The van der Waals surface area contributed by atoms with Crippen molar-refractivity contribution >= 4 is 40.0 Å². The summed E-state index contributed by atoms with van der Waals surface area (Å²) < 4.78 is 14.7. The first-order chi connectivity index (χ1) is 6.75. The van der Waals surface area contributed by atoms with Gasteiger partial charge in [-0.2, -0.15) is 25.3 Å². The first kappa shape index (κ1) is 15.3. The molecule has 90 valence electrons. The van der Waals surface area contributed by atoms with E-state index in [1.807, 2.05) is 13.8 Å². The summed E-state index contributed by atoms with van der Waals surface area (Å²) in [6, 6.07) is 0. The van der Waals surface area contributed by atoms with E-state index in [0.717, 1.165) is 0 Å². The van der Waals surface area contributed by atoms with Crippen molar-refractivity contribution in [3.63, 3.8) is 0 Å². The lowest BCUT2D eigenvalue weighted by atomic mass is 10.5. The van der Waals surface area contributed by atoms with Gasteiger partial charge in [0.1, 0.15) is 4.08 Å². The minimum absolute atomic E-state index is 0.436. The smallest absolute Gasteiger partial charge is 0.472 e. The highest BCUT2D eigenvalue weighted by atomic mass is 32.2. The van der Waals surface area contributed by atoms with Crippen molar-refractivity contribution in [3.05, 3.63) is 0 Å². The Morgan fingerprint density at radius 1 is 1.27 bits per heavy atom. The van der Waals surface area contributed by atoms with Crippen LogP contribution in [-0.4, -0.2) is 32.1 Å². The normalized spacial score (nSPS) is 12.7. The molecule has 0 atom stereocenters. The van der Waals surface area contributed by atoms with E-state index in [1.54, 1.807) is 6.55 Å². The van der Waals surface area contributed by atoms with Gasteiger partial charge in [0.05, 0.1) is 0 Å². The van der Waals surface area contributed by atoms with Crippen LogP contribution < -0.4 is 0 Å². The summed E-state index contributed by atoms with van der Waals surface area (Å²) in [5, 5.41) is 0. The zero-order valence-corrected chi connectivity index (χ0v) is 12.2. The van der Waals surface area contributed by atoms with Crippen molar-refractivity contribution in [1.82, 2.24) is 0 Å². The Labute approximate surface area is 103 Å². The summed E-state index contributed by atoms with van der Waals surface area (Å²) >= 11 is 8.00. The monoisotopic (exact) mass is 270 g/mol. The Balaban J connectivity index is 4.47. The molecule has 0 amide bonds. The predicted molar refractivity (Wildman–Crippen MR) is 67.3 cm³/mol. The van der Waals surface area contributed by atoms with Crippen LogP contribution in [0.25, 0.3) is 0 Å². The van der Waals surface area contributed by atoms with Crippen LogP contribution in [0.2, 0.25) is 6.55 Å². The lowest BCUT2D eigenvalue weighted by molar-refractivity contribution is -0.139. The highest BCUT2D eigenvalue weighted by molar-refractivity contribution is 8.01. The second-order valence-corrected chi connectivity index (χ2v) is 7.79. The molecule has 0 N–H and O–H groups in total. The summed E-state index contributed by atoms with van der Waals surface area (Å²) in [7, 11) is -2.87. The molecule has 0 aliphatic carbocycles. The summed E-state index contributed by atoms with van der Waals surface area (Å²) in [6.45, 7) is 7.72. The molecule has 0 aromatic carbocycles. The number of carbonyl (C=O) groups excluding carboxylic acids is 1. The number of rotatable bonds is 6. The van der Waals surface area contributed by atoms with Crippen LogP contribution in [0.4, 0.5) is 0 Å². The van der Waals surface area contributed by atoms with Crippen molar-refractivity contribution in [2.75, 3.05) is 13.2 Å². The second kappa shape index (κ2) is 6.14. The molecule has 0 saturated heterocycles. The van der Waals surface area contributed by atoms with Crippen LogP contribution in [0.1, 0.15) is 20.8 Å². The molecule has 7 heteroatoms. The minimum atomic E-state index is -2.87. The van der Waals surface area contributed by atoms with Crippen LogP contribution in [0.15, 0.2) is 0 Å². The minimum Gasteiger partial charge on any atom is -0.472 e. The molecule has 0 spiro atoms. The Bertz CT molecular complexity index is 211. The topological polar surface area (TPSA) is 44.8 Å².